The summed E-state index contributed by atoms with van der Waals surface area (Å²) in [6, 6.07) is 5.71. The molecule has 0 aromatic heterocycles. The number of likely N-dealkylation sites (N-methyl/N-ethyl adjacent to an activating group) is 1. The maximum atomic E-state index is 11.9. The van der Waals surface area contributed by atoms with Crippen molar-refractivity contribution in [2.45, 2.75) is 19.9 Å². The van der Waals surface area contributed by atoms with E-state index in [9.17, 15) is 4.79 Å². The Kier molecular flexibility index (Phi) is 14.2. The number of amides is 1. The van der Waals surface area contributed by atoms with E-state index >= 15 is 0 Å². The Balaban J connectivity index is 0.00000784. The Bertz CT molecular complexity index is 641. The second-order valence-corrected chi connectivity index (χ2v) is 6.44. The van der Waals surface area contributed by atoms with Gasteiger partial charge < -0.3 is 29.3 Å². The number of carbonyl (C=O) groups is 1. The zero-order valence-corrected chi connectivity index (χ0v) is 20.7. The van der Waals surface area contributed by atoms with Crippen LogP contribution < -0.4 is 14.8 Å². The van der Waals surface area contributed by atoms with Crippen LogP contribution in [-0.4, -0.2) is 83.3 Å². The summed E-state index contributed by atoms with van der Waals surface area (Å²) < 4.78 is 16.1. The molecule has 8 nitrogen and oxygen atoms in total. The Morgan fingerprint density at radius 1 is 1.17 bits per heavy atom. The molecule has 166 valence electrons. The molecular formula is C20H35IN4O4. The summed E-state index contributed by atoms with van der Waals surface area (Å²) in [6.07, 6.45) is 0.855. The van der Waals surface area contributed by atoms with Crippen LogP contribution in [0, 0.1) is 0 Å². The minimum atomic E-state index is -0.0518. The lowest BCUT2D eigenvalue weighted by Crippen LogP contribution is -2.40. The topological polar surface area (TPSA) is 75.6 Å². The zero-order chi connectivity index (χ0) is 20.9. The molecule has 0 radical (unpaired) electrons. The van der Waals surface area contributed by atoms with Gasteiger partial charge in [0.1, 0.15) is 18.0 Å². The summed E-state index contributed by atoms with van der Waals surface area (Å²) in [5, 5.41) is 3.31. The number of nitrogens with one attached hydrogen (secondary N) is 1. The SMILES string of the molecule is CCOCCCNC(=NCC(=O)N(C)C)N(C)Cc1ccc(OC)cc1OC.I. The average Bonchev–Trinajstić information content (AvgIpc) is 2.69. The van der Waals surface area contributed by atoms with Gasteiger partial charge in [-0.1, -0.05) is 0 Å². The van der Waals surface area contributed by atoms with Gasteiger partial charge in [0.2, 0.25) is 5.91 Å². The van der Waals surface area contributed by atoms with E-state index in [1.54, 1.807) is 28.3 Å². The maximum Gasteiger partial charge on any atom is 0.243 e. The van der Waals surface area contributed by atoms with Crippen molar-refractivity contribution in [2.75, 3.05) is 61.7 Å². The Hall–Kier alpha value is -1.75. The number of methoxy groups -OCH3 is 2. The smallest absolute Gasteiger partial charge is 0.243 e. The molecule has 0 spiro atoms. The molecule has 0 aliphatic carbocycles. The summed E-state index contributed by atoms with van der Waals surface area (Å²) in [5.74, 6) is 2.09. The predicted molar refractivity (Wildman–Crippen MR) is 127 cm³/mol. The Morgan fingerprint density at radius 2 is 1.90 bits per heavy atom. The molecule has 1 amide bonds. The number of hydrogen-bond donors (Lipinski definition) is 1. The molecular weight excluding hydrogens is 487 g/mol. The van der Waals surface area contributed by atoms with Crippen LogP contribution in [-0.2, 0) is 16.1 Å². The predicted octanol–water partition coefficient (Wildman–Crippen LogP) is 2.21. The highest BCUT2D eigenvalue weighted by molar-refractivity contribution is 14.0. The van der Waals surface area contributed by atoms with Gasteiger partial charge >= 0.3 is 0 Å². The lowest BCUT2D eigenvalue weighted by molar-refractivity contribution is -0.127. The molecule has 0 bridgehead atoms. The van der Waals surface area contributed by atoms with Gasteiger partial charge in [-0.3, -0.25) is 4.79 Å². The van der Waals surface area contributed by atoms with Gasteiger partial charge in [0.15, 0.2) is 5.96 Å². The van der Waals surface area contributed by atoms with E-state index in [1.165, 1.54) is 4.90 Å². The molecule has 0 fully saturated rings. The molecule has 0 heterocycles. The summed E-state index contributed by atoms with van der Waals surface area (Å²) in [7, 11) is 8.63. The molecule has 0 atom stereocenters. The minimum absolute atomic E-state index is 0. The van der Waals surface area contributed by atoms with Gasteiger partial charge in [-0.05, 0) is 25.5 Å². The molecule has 1 aromatic carbocycles. The van der Waals surface area contributed by atoms with E-state index in [1.807, 2.05) is 37.1 Å². The first kappa shape index (κ1) is 27.2. The Morgan fingerprint density at radius 3 is 2.48 bits per heavy atom. The van der Waals surface area contributed by atoms with Gasteiger partial charge in [-0.15, -0.1) is 24.0 Å². The fourth-order valence-electron chi connectivity index (χ4n) is 2.43. The van der Waals surface area contributed by atoms with Gasteiger partial charge in [0, 0.05) is 59.1 Å². The van der Waals surface area contributed by atoms with Crippen LogP contribution in [0.5, 0.6) is 11.5 Å². The number of benzene rings is 1. The standard InChI is InChI=1S/C20H34N4O4.HI/c1-7-28-12-8-11-21-20(22-14-19(25)23(2)3)24(4)15-16-9-10-17(26-5)13-18(16)27-6;/h9-10,13H,7-8,11-12,14-15H2,1-6H3,(H,21,22);1H. The number of aliphatic imine (C=N–C) groups is 1. The zero-order valence-electron chi connectivity index (χ0n) is 18.4. The summed E-state index contributed by atoms with van der Waals surface area (Å²) in [5.41, 5.74) is 0.994. The largest absolute Gasteiger partial charge is 0.497 e. The third-order valence-corrected chi connectivity index (χ3v) is 4.08. The van der Waals surface area contributed by atoms with Crippen LogP contribution in [0.15, 0.2) is 23.2 Å². The molecule has 0 aliphatic heterocycles. The van der Waals surface area contributed by atoms with Crippen molar-refractivity contribution in [3.8, 4) is 11.5 Å². The highest BCUT2D eigenvalue weighted by Gasteiger charge is 2.13. The molecule has 9 heteroatoms. The van der Waals surface area contributed by atoms with Crippen molar-refractivity contribution < 1.29 is 19.0 Å². The summed E-state index contributed by atoms with van der Waals surface area (Å²) in [6.45, 7) is 4.73. The first-order valence-electron chi connectivity index (χ1n) is 9.41. The third-order valence-electron chi connectivity index (χ3n) is 4.08. The van der Waals surface area contributed by atoms with Crippen molar-refractivity contribution >= 4 is 35.8 Å². The highest BCUT2D eigenvalue weighted by atomic mass is 127. The summed E-state index contributed by atoms with van der Waals surface area (Å²) in [4.78, 5) is 19.9. The highest BCUT2D eigenvalue weighted by Crippen LogP contribution is 2.25. The maximum absolute atomic E-state index is 11.9. The Labute approximate surface area is 191 Å². The summed E-state index contributed by atoms with van der Waals surface area (Å²) >= 11 is 0. The number of ether oxygens (including phenoxy) is 3. The number of guanidine groups is 1. The van der Waals surface area contributed by atoms with Crippen LogP contribution in [0.2, 0.25) is 0 Å². The molecule has 0 unspecified atom stereocenters. The molecule has 0 saturated heterocycles. The molecule has 0 aliphatic rings. The van der Waals surface area contributed by atoms with Gasteiger partial charge in [0.25, 0.3) is 0 Å². The number of rotatable bonds is 11. The first-order valence-corrected chi connectivity index (χ1v) is 9.41. The second kappa shape index (κ2) is 15.1. The molecule has 29 heavy (non-hydrogen) atoms. The van der Waals surface area contributed by atoms with Crippen molar-refractivity contribution in [1.82, 2.24) is 15.1 Å². The molecule has 1 N–H and O–H groups in total. The fraction of sp³-hybridized carbons (Fsp3) is 0.600. The van der Waals surface area contributed by atoms with E-state index in [0.29, 0.717) is 32.3 Å². The lowest BCUT2D eigenvalue weighted by Gasteiger charge is -2.24. The number of halogens is 1. The van der Waals surface area contributed by atoms with Crippen LogP contribution in [0.3, 0.4) is 0 Å². The van der Waals surface area contributed by atoms with Crippen molar-refractivity contribution in [1.29, 1.82) is 0 Å². The van der Waals surface area contributed by atoms with Crippen molar-refractivity contribution in [3.05, 3.63) is 23.8 Å². The van der Waals surface area contributed by atoms with Crippen molar-refractivity contribution in [3.63, 3.8) is 0 Å². The van der Waals surface area contributed by atoms with Crippen LogP contribution in [0.4, 0.5) is 0 Å². The molecule has 1 aromatic rings. The lowest BCUT2D eigenvalue weighted by atomic mass is 10.2. The average molecular weight is 522 g/mol. The van der Waals surface area contributed by atoms with Crippen molar-refractivity contribution in [2.24, 2.45) is 4.99 Å². The first-order chi connectivity index (χ1) is 13.4. The minimum Gasteiger partial charge on any atom is -0.497 e. The normalized spacial score (nSPS) is 10.8. The third kappa shape index (κ3) is 10.0. The van der Waals surface area contributed by atoms with E-state index < -0.39 is 0 Å². The number of carbonyl (C=O) groups excluding carboxylic acids is 1. The van der Waals surface area contributed by atoms with Gasteiger partial charge in [-0.25, -0.2) is 4.99 Å². The van der Waals surface area contributed by atoms with Gasteiger partial charge in [0.05, 0.1) is 14.2 Å². The monoisotopic (exact) mass is 522 g/mol. The molecule has 0 saturated carbocycles. The fourth-order valence-corrected chi connectivity index (χ4v) is 2.43. The van der Waals surface area contributed by atoms with E-state index in [4.69, 9.17) is 14.2 Å². The quantitative estimate of drug-likeness (QED) is 0.208. The molecule has 1 rings (SSSR count). The van der Waals surface area contributed by atoms with E-state index in [-0.39, 0.29) is 36.4 Å². The van der Waals surface area contributed by atoms with E-state index in [0.717, 1.165) is 23.5 Å². The van der Waals surface area contributed by atoms with Gasteiger partial charge in [-0.2, -0.15) is 0 Å². The van der Waals surface area contributed by atoms with Crippen LogP contribution >= 0.6 is 24.0 Å². The second-order valence-electron chi connectivity index (χ2n) is 6.44. The van der Waals surface area contributed by atoms with E-state index in [2.05, 4.69) is 10.3 Å². The number of hydrogen-bond acceptors (Lipinski definition) is 5. The number of nitrogens with zero attached hydrogens (tertiary/aromatic N) is 3. The van der Waals surface area contributed by atoms with Crippen LogP contribution in [0.1, 0.15) is 18.9 Å². The van der Waals surface area contributed by atoms with Crippen LogP contribution in [0.25, 0.3) is 0 Å².